The summed E-state index contributed by atoms with van der Waals surface area (Å²) in [5.74, 6) is 0.739. The average molecular weight is 585 g/mol. The number of methoxy groups -OCH3 is 1. The van der Waals surface area contributed by atoms with Crippen molar-refractivity contribution in [3.8, 4) is 11.6 Å². The Morgan fingerprint density at radius 2 is 1.65 bits per heavy atom. The number of aryl methyl sites for hydroxylation is 1. The number of ether oxygens (including phenoxy) is 3. The number of hydrogen-bond acceptors (Lipinski definition) is 7. The number of aromatic nitrogens is 1. The van der Waals surface area contributed by atoms with Crippen molar-refractivity contribution >= 4 is 12.0 Å². The molecule has 43 heavy (non-hydrogen) atoms. The second-order valence-electron chi connectivity index (χ2n) is 11.6. The van der Waals surface area contributed by atoms with E-state index in [0.717, 1.165) is 76.3 Å². The summed E-state index contributed by atoms with van der Waals surface area (Å²) >= 11 is 0. The standard InChI is InChI=1S/C34H40N4O5/c1-24-27(10-13-32(35-24)43-30-11-8-26(9-12-30)33(39)41-2)22-36-18-14-29(15-19-36)38-31(25-6-4-3-5-7-25)23-37(34(38)40)28-16-20-42-21-17-28/h3-13,28-29,31H,14-23H2,1-2H3/t31-/m0/s1. The zero-order valence-corrected chi connectivity index (χ0v) is 25.0. The number of likely N-dealkylation sites (tertiary alicyclic amines) is 1. The van der Waals surface area contributed by atoms with Gasteiger partial charge in [-0.25, -0.2) is 14.6 Å². The zero-order valence-electron chi connectivity index (χ0n) is 25.0. The van der Waals surface area contributed by atoms with Crippen LogP contribution in [0.25, 0.3) is 0 Å². The SMILES string of the molecule is COC(=O)c1ccc(Oc2ccc(CN3CCC(N4C(=O)N(C5CCOCC5)C[C@H]4c4ccccc4)CC3)c(C)n2)cc1. The molecule has 3 saturated heterocycles. The second-order valence-corrected chi connectivity index (χ2v) is 11.6. The average Bonchev–Trinajstić information content (AvgIpc) is 3.40. The summed E-state index contributed by atoms with van der Waals surface area (Å²) in [4.78, 5) is 37.0. The van der Waals surface area contributed by atoms with Gasteiger partial charge in [0.25, 0.3) is 0 Å². The molecule has 1 aromatic heterocycles. The number of rotatable bonds is 8. The Balaban J connectivity index is 1.07. The normalized spacial score (nSPS) is 20.4. The lowest BCUT2D eigenvalue weighted by atomic mass is 9.98. The van der Waals surface area contributed by atoms with E-state index in [1.165, 1.54) is 12.7 Å². The summed E-state index contributed by atoms with van der Waals surface area (Å²) in [6.07, 6.45) is 3.73. The number of urea groups is 1. The van der Waals surface area contributed by atoms with E-state index in [1.807, 2.05) is 19.1 Å². The third kappa shape index (κ3) is 6.53. The van der Waals surface area contributed by atoms with Gasteiger partial charge in [0.2, 0.25) is 5.88 Å². The van der Waals surface area contributed by atoms with E-state index in [-0.39, 0.29) is 30.1 Å². The molecule has 1 atom stereocenters. The highest BCUT2D eigenvalue weighted by molar-refractivity contribution is 5.89. The predicted octanol–water partition coefficient (Wildman–Crippen LogP) is 5.59. The molecule has 226 valence electrons. The first-order chi connectivity index (χ1) is 21.0. The maximum Gasteiger partial charge on any atom is 0.337 e. The summed E-state index contributed by atoms with van der Waals surface area (Å²) < 4.78 is 16.3. The van der Waals surface area contributed by atoms with Crippen LogP contribution in [0.3, 0.4) is 0 Å². The van der Waals surface area contributed by atoms with Gasteiger partial charge in [0, 0.05) is 63.2 Å². The molecule has 2 aromatic carbocycles. The molecule has 0 saturated carbocycles. The Bertz CT molecular complexity index is 1400. The highest BCUT2D eigenvalue weighted by Gasteiger charge is 2.45. The molecule has 3 fully saturated rings. The Morgan fingerprint density at radius 1 is 0.930 bits per heavy atom. The van der Waals surface area contributed by atoms with Crippen LogP contribution >= 0.6 is 0 Å². The lowest BCUT2D eigenvalue weighted by Crippen LogP contribution is -2.48. The molecule has 2 amide bonds. The molecular weight excluding hydrogens is 544 g/mol. The fraction of sp³-hybridized carbons (Fsp3) is 0.441. The number of carbonyl (C=O) groups is 2. The van der Waals surface area contributed by atoms with Crippen LogP contribution < -0.4 is 4.74 Å². The molecule has 0 spiro atoms. The van der Waals surface area contributed by atoms with Crippen LogP contribution in [0.1, 0.15) is 58.9 Å². The van der Waals surface area contributed by atoms with Gasteiger partial charge >= 0.3 is 12.0 Å². The molecule has 0 N–H and O–H groups in total. The number of hydrogen-bond donors (Lipinski definition) is 0. The Kier molecular flexibility index (Phi) is 8.90. The van der Waals surface area contributed by atoms with Crippen molar-refractivity contribution in [1.29, 1.82) is 0 Å². The van der Waals surface area contributed by atoms with E-state index < -0.39 is 0 Å². The fourth-order valence-electron chi connectivity index (χ4n) is 6.57. The van der Waals surface area contributed by atoms with Crippen LogP contribution in [0.5, 0.6) is 11.6 Å². The third-order valence-corrected chi connectivity index (χ3v) is 9.00. The zero-order chi connectivity index (χ0) is 29.8. The first kappa shape index (κ1) is 29.1. The van der Waals surface area contributed by atoms with Crippen LogP contribution in [0.15, 0.2) is 66.7 Å². The van der Waals surface area contributed by atoms with E-state index in [0.29, 0.717) is 17.2 Å². The van der Waals surface area contributed by atoms with E-state index in [4.69, 9.17) is 14.2 Å². The number of benzene rings is 2. The van der Waals surface area contributed by atoms with Crippen molar-refractivity contribution in [2.24, 2.45) is 0 Å². The van der Waals surface area contributed by atoms with Crippen LogP contribution in [-0.2, 0) is 16.0 Å². The van der Waals surface area contributed by atoms with Gasteiger partial charge in [0.05, 0.1) is 18.7 Å². The summed E-state index contributed by atoms with van der Waals surface area (Å²) in [6.45, 7) is 6.89. The topological polar surface area (TPSA) is 84.4 Å². The van der Waals surface area contributed by atoms with Crippen molar-refractivity contribution in [1.82, 2.24) is 19.7 Å². The monoisotopic (exact) mass is 584 g/mol. The minimum Gasteiger partial charge on any atom is -0.465 e. The smallest absolute Gasteiger partial charge is 0.337 e. The van der Waals surface area contributed by atoms with Gasteiger partial charge in [-0.3, -0.25) is 4.90 Å². The quantitative estimate of drug-likeness (QED) is 0.319. The molecule has 3 aromatic rings. The van der Waals surface area contributed by atoms with Crippen LogP contribution in [0.2, 0.25) is 0 Å². The first-order valence-electron chi connectivity index (χ1n) is 15.3. The molecule has 3 aliphatic rings. The van der Waals surface area contributed by atoms with E-state index >= 15 is 0 Å². The summed E-state index contributed by atoms with van der Waals surface area (Å²) in [5, 5.41) is 0. The molecule has 0 radical (unpaired) electrons. The van der Waals surface area contributed by atoms with Gasteiger partial charge in [0.15, 0.2) is 0 Å². The number of nitrogens with zero attached hydrogens (tertiary/aromatic N) is 4. The first-order valence-corrected chi connectivity index (χ1v) is 15.3. The predicted molar refractivity (Wildman–Crippen MR) is 162 cm³/mol. The molecular formula is C34H40N4O5. The molecule has 3 aliphatic heterocycles. The van der Waals surface area contributed by atoms with Crippen LogP contribution in [0, 0.1) is 6.92 Å². The van der Waals surface area contributed by atoms with Gasteiger partial charge in [-0.1, -0.05) is 36.4 Å². The maximum absolute atomic E-state index is 13.9. The number of carbonyl (C=O) groups excluding carboxylic acids is 2. The molecule has 0 aliphatic carbocycles. The maximum atomic E-state index is 13.9. The molecule has 0 bridgehead atoms. The third-order valence-electron chi connectivity index (χ3n) is 9.00. The number of pyridine rings is 1. The largest absolute Gasteiger partial charge is 0.465 e. The lowest BCUT2D eigenvalue weighted by Gasteiger charge is -2.39. The van der Waals surface area contributed by atoms with Crippen molar-refractivity contribution in [2.75, 3.05) is 40.0 Å². The number of piperidine rings is 1. The second kappa shape index (κ2) is 13.1. The molecule has 4 heterocycles. The lowest BCUT2D eigenvalue weighted by molar-refractivity contribution is 0.0493. The Hall–Kier alpha value is -3.95. The molecule has 0 unspecified atom stereocenters. The van der Waals surface area contributed by atoms with Crippen molar-refractivity contribution in [3.05, 3.63) is 89.1 Å². The van der Waals surface area contributed by atoms with E-state index in [9.17, 15) is 9.59 Å². The van der Waals surface area contributed by atoms with Crippen molar-refractivity contribution in [3.63, 3.8) is 0 Å². The summed E-state index contributed by atoms with van der Waals surface area (Å²) in [6, 6.07) is 22.1. The fourth-order valence-corrected chi connectivity index (χ4v) is 6.57. The van der Waals surface area contributed by atoms with Crippen LogP contribution in [-0.4, -0.2) is 83.7 Å². The summed E-state index contributed by atoms with van der Waals surface area (Å²) in [7, 11) is 1.36. The van der Waals surface area contributed by atoms with Crippen molar-refractivity contribution < 1.29 is 23.8 Å². The molecule has 6 rings (SSSR count). The Morgan fingerprint density at radius 3 is 2.33 bits per heavy atom. The van der Waals surface area contributed by atoms with Gasteiger partial charge in [-0.2, -0.15) is 0 Å². The summed E-state index contributed by atoms with van der Waals surface area (Å²) in [5.41, 5.74) is 3.78. The van der Waals surface area contributed by atoms with Gasteiger partial charge < -0.3 is 24.0 Å². The molecule has 9 heteroatoms. The van der Waals surface area contributed by atoms with Crippen LogP contribution in [0.4, 0.5) is 4.79 Å². The van der Waals surface area contributed by atoms with E-state index in [2.05, 4.69) is 50.0 Å². The van der Waals surface area contributed by atoms with Gasteiger partial charge in [-0.05, 0) is 68.0 Å². The minimum absolute atomic E-state index is 0.0868. The molecule has 9 nitrogen and oxygen atoms in total. The highest BCUT2D eigenvalue weighted by Crippen LogP contribution is 2.37. The number of amides is 2. The van der Waals surface area contributed by atoms with Gasteiger partial charge in [0.1, 0.15) is 5.75 Å². The number of esters is 1. The highest BCUT2D eigenvalue weighted by atomic mass is 16.5. The van der Waals surface area contributed by atoms with E-state index in [1.54, 1.807) is 24.3 Å². The Labute approximate surface area is 253 Å². The van der Waals surface area contributed by atoms with Gasteiger partial charge in [-0.15, -0.1) is 0 Å². The van der Waals surface area contributed by atoms with Crippen molar-refractivity contribution in [2.45, 2.75) is 57.3 Å². The minimum atomic E-state index is -0.381.